The van der Waals surface area contributed by atoms with E-state index in [1.54, 1.807) is 14.0 Å². The van der Waals surface area contributed by atoms with Gasteiger partial charge in [0.05, 0.1) is 12.8 Å². The van der Waals surface area contributed by atoms with Crippen molar-refractivity contribution in [1.82, 2.24) is 5.43 Å². The summed E-state index contributed by atoms with van der Waals surface area (Å²) in [4.78, 5) is 11.7. The van der Waals surface area contributed by atoms with Crippen molar-refractivity contribution in [2.24, 2.45) is 0 Å². The Hall–Kier alpha value is -1.69. The average molecular weight is 242 g/mol. The number of benzene rings is 1. The van der Waals surface area contributed by atoms with Gasteiger partial charge in [0.25, 0.3) is 0 Å². The second-order valence-electron chi connectivity index (χ2n) is 4.07. The molecule has 0 aliphatic carbocycles. The molecule has 1 aromatic carbocycles. The molecule has 0 amide bonds. The minimum atomic E-state index is -1.20. The number of hydrazine groups is 1. The summed E-state index contributed by atoms with van der Waals surface area (Å²) in [6, 6.07) is 2.06. The Bertz CT molecular complexity index is 493. The zero-order chi connectivity index (χ0) is 12.8. The molecule has 0 aromatic heterocycles. The third kappa shape index (κ3) is 1.56. The molecule has 1 atom stereocenters. The van der Waals surface area contributed by atoms with Crippen molar-refractivity contribution >= 4 is 11.7 Å². The standard InChI is InChI=1S/C11H12F2N2O2/c1-11(10(16)17-3)6-4-7(12)8(13)5-9(6)15(2)14-11/h4-5,14H,1-3H3. The smallest absolute Gasteiger partial charge is 0.332 e. The van der Waals surface area contributed by atoms with Crippen LogP contribution >= 0.6 is 0 Å². The number of fused-ring (bicyclic) bond motifs is 1. The van der Waals surface area contributed by atoms with Gasteiger partial charge < -0.3 is 9.75 Å². The fourth-order valence-electron chi connectivity index (χ4n) is 2.03. The van der Waals surface area contributed by atoms with Crippen molar-refractivity contribution < 1.29 is 18.3 Å². The molecule has 0 spiro atoms. The lowest BCUT2D eigenvalue weighted by atomic mass is 9.93. The molecule has 1 heterocycles. The zero-order valence-corrected chi connectivity index (χ0v) is 9.67. The third-order valence-corrected chi connectivity index (χ3v) is 2.92. The third-order valence-electron chi connectivity index (χ3n) is 2.92. The van der Waals surface area contributed by atoms with Crippen LogP contribution in [0.2, 0.25) is 0 Å². The van der Waals surface area contributed by atoms with Crippen molar-refractivity contribution in [1.29, 1.82) is 0 Å². The first-order chi connectivity index (χ1) is 7.90. The molecule has 1 aliphatic rings. The summed E-state index contributed by atoms with van der Waals surface area (Å²) in [7, 11) is 2.86. The van der Waals surface area contributed by atoms with Crippen LogP contribution in [0, 0.1) is 11.6 Å². The molecule has 6 heteroatoms. The van der Waals surface area contributed by atoms with Gasteiger partial charge in [0.1, 0.15) is 0 Å². The summed E-state index contributed by atoms with van der Waals surface area (Å²) in [5.74, 6) is -2.50. The first kappa shape index (κ1) is 11.8. The van der Waals surface area contributed by atoms with Crippen LogP contribution in [0.1, 0.15) is 12.5 Å². The highest BCUT2D eigenvalue weighted by molar-refractivity contribution is 5.87. The van der Waals surface area contributed by atoms with E-state index in [0.29, 0.717) is 11.3 Å². The van der Waals surface area contributed by atoms with E-state index in [2.05, 4.69) is 10.2 Å². The van der Waals surface area contributed by atoms with E-state index in [1.165, 1.54) is 12.1 Å². The van der Waals surface area contributed by atoms with Crippen molar-refractivity contribution in [2.45, 2.75) is 12.5 Å². The van der Waals surface area contributed by atoms with E-state index in [9.17, 15) is 13.6 Å². The van der Waals surface area contributed by atoms with Gasteiger partial charge in [-0.2, -0.15) is 0 Å². The fraction of sp³-hybridized carbons (Fsp3) is 0.364. The molecule has 1 aliphatic heterocycles. The van der Waals surface area contributed by atoms with E-state index in [4.69, 9.17) is 0 Å². The number of ether oxygens (including phenoxy) is 1. The van der Waals surface area contributed by atoms with Crippen LogP contribution in [-0.4, -0.2) is 20.1 Å². The predicted octanol–water partition coefficient (Wildman–Crippen LogP) is 1.31. The van der Waals surface area contributed by atoms with Crippen LogP contribution in [0.15, 0.2) is 12.1 Å². The number of nitrogens with one attached hydrogen (secondary N) is 1. The molecular weight excluding hydrogens is 230 g/mol. The molecule has 0 saturated heterocycles. The maximum Gasteiger partial charge on any atom is 0.332 e. The molecule has 1 unspecified atom stereocenters. The van der Waals surface area contributed by atoms with Crippen LogP contribution < -0.4 is 10.4 Å². The van der Waals surface area contributed by atoms with E-state index in [1.807, 2.05) is 0 Å². The summed E-state index contributed by atoms with van der Waals surface area (Å²) in [6.07, 6.45) is 0. The first-order valence-corrected chi connectivity index (χ1v) is 4.99. The van der Waals surface area contributed by atoms with Gasteiger partial charge in [0.2, 0.25) is 0 Å². The van der Waals surface area contributed by atoms with Crippen LogP contribution in [0.25, 0.3) is 0 Å². The molecule has 92 valence electrons. The van der Waals surface area contributed by atoms with Crippen molar-refractivity contribution in [3.05, 3.63) is 29.3 Å². The number of esters is 1. The SMILES string of the molecule is COC(=O)C1(C)NN(C)c2cc(F)c(F)cc21. The molecule has 0 radical (unpaired) electrons. The summed E-state index contributed by atoms with van der Waals surface area (Å²) < 4.78 is 31.0. The van der Waals surface area contributed by atoms with E-state index in [0.717, 1.165) is 12.1 Å². The number of methoxy groups -OCH3 is 1. The highest BCUT2D eigenvalue weighted by atomic mass is 19.2. The first-order valence-electron chi connectivity index (χ1n) is 4.99. The minimum Gasteiger partial charge on any atom is -0.467 e. The average Bonchev–Trinajstić information content (AvgIpc) is 2.53. The number of hydrogen-bond acceptors (Lipinski definition) is 4. The molecule has 0 bridgehead atoms. The van der Waals surface area contributed by atoms with Gasteiger partial charge in [-0.05, 0) is 13.0 Å². The van der Waals surface area contributed by atoms with Crippen LogP contribution in [0.5, 0.6) is 0 Å². The number of hydrogen-bond donors (Lipinski definition) is 1. The quantitative estimate of drug-likeness (QED) is 0.754. The van der Waals surface area contributed by atoms with E-state index in [-0.39, 0.29) is 0 Å². The summed E-state index contributed by atoms with van der Waals surface area (Å²) in [5.41, 5.74) is 2.39. The summed E-state index contributed by atoms with van der Waals surface area (Å²) in [6.45, 7) is 1.55. The Morgan fingerprint density at radius 2 is 2.00 bits per heavy atom. The highest BCUT2D eigenvalue weighted by Gasteiger charge is 2.45. The Morgan fingerprint density at radius 3 is 2.59 bits per heavy atom. The topological polar surface area (TPSA) is 41.6 Å². The van der Waals surface area contributed by atoms with Crippen molar-refractivity contribution in [2.75, 3.05) is 19.2 Å². The molecule has 2 rings (SSSR count). The Labute approximate surface area is 97.1 Å². The second kappa shape index (κ2) is 3.66. The number of anilines is 1. The van der Waals surface area contributed by atoms with Gasteiger partial charge in [-0.15, -0.1) is 0 Å². The highest BCUT2D eigenvalue weighted by Crippen LogP contribution is 2.38. The van der Waals surface area contributed by atoms with Crippen molar-refractivity contribution in [3.8, 4) is 0 Å². The fourth-order valence-corrected chi connectivity index (χ4v) is 2.03. The molecule has 0 saturated carbocycles. The maximum atomic E-state index is 13.2. The van der Waals surface area contributed by atoms with Gasteiger partial charge in [-0.1, -0.05) is 0 Å². The summed E-state index contributed by atoms with van der Waals surface area (Å²) in [5, 5.41) is 1.47. The van der Waals surface area contributed by atoms with Gasteiger partial charge in [0, 0.05) is 18.7 Å². The molecule has 1 N–H and O–H groups in total. The lowest BCUT2D eigenvalue weighted by molar-refractivity contribution is -0.148. The predicted molar refractivity (Wildman–Crippen MR) is 57.3 cm³/mol. The molecule has 1 aromatic rings. The maximum absolute atomic E-state index is 13.2. The molecule has 0 fully saturated rings. The van der Waals surface area contributed by atoms with Gasteiger partial charge in [0.15, 0.2) is 17.2 Å². The lowest BCUT2D eigenvalue weighted by Gasteiger charge is -2.23. The second-order valence-corrected chi connectivity index (χ2v) is 4.07. The van der Waals surface area contributed by atoms with Crippen LogP contribution in [0.3, 0.4) is 0 Å². The van der Waals surface area contributed by atoms with E-state index < -0.39 is 23.1 Å². The normalized spacial score (nSPS) is 22.5. The zero-order valence-electron chi connectivity index (χ0n) is 9.67. The Balaban J connectivity index is 2.61. The van der Waals surface area contributed by atoms with E-state index >= 15 is 0 Å². The van der Waals surface area contributed by atoms with Crippen LogP contribution in [0.4, 0.5) is 14.5 Å². The number of rotatable bonds is 1. The largest absolute Gasteiger partial charge is 0.467 e. The number of halogens is 2. The minimum absolute atomic E-state index is 0.353. The number of nitrogens with zero attached hydrogens (tertiary/aromatic N) is 1. The molecule has 4 nitrogen and oxygen atoms in total. The van der Waals surface area contributed by atoms with Gasteiger partial charge in [-0.25, -0.2) is 19.0 Å². The Kier molecular flexibility index (Phi) is 2.54. The van der Waals surface area contributed by atoms with Crippen molar-refractivity contribution in [3.63, 3.8) is 0 Å². The lowest BCUT2D eigenvalue weighted by Crippen LogP contribution is -2.48. The number of carbonyl (C=O) groups is 1. The van der Waals surface area contributed by atoms with Gasteiger partial charge in [-0.3, -0.25) is 0 Å². The monoisotopic (exact) mass is 242 g/mol. The van der Waals surface area contributed by atoms with Crippen LogP contribution in [-0.2, 0) is 15.1 Å². The summed E-state index contributed by atoms with van der Waals surface area (Å²) >= 11 is 0. The van der Waals surface area contributed by atoms with Gasteiger partial charge >= 0.3 is 5.97 Å². The molecule has 17 heavy (non-hydrogen) atoms. The Morgan fingerprint density at radius 1 is 1.41 bits per heavy atom. The molecular formula is C11H12F2N2O2. The number of carbonyl (C=O) groups excluding carboxylic acids is 1.